The lowest BCUT2D eigenvalue weighted by Gasteiger charge is -2.36. The maximum Gasteiger partial charge on any atom is 0.0948 e. The monoisotopic (exact) mass is 212 g/mol. The Balaban J connectivity index is 2.66. The normalized spacial score (nSPS) is 31.6. The van der Waals surface area contributed by atoms with E-state index in [0.29, 0.717) is 18.4 Å². The lowest BCUT2D eigenvalue weighted by Crippen LogP contribution is -2.36. The van der Waals surface area contributed by atoms with E-state index < -0.39 is 5.60 Å². The van der Waals surface area contributed by atoms with E-state index in [-0.39, 0.29) is 0 Å². The summed E-state index contributed by atoms with van der Waals surface area (Å²) in [6.45, 7) is 8.99. The van der Waals surface area contributed by atoms with Crippen LogP contribution in [0.1, 0.15) is 47.0 Å². The van der Waals surface area contributed by atoms with Gasteiger partial charge in [-0.15, -0.1) is 0 Å². The van der Waals surface area contributed by atoms with Crippen LogP contribution in [0.3, 0.4) is 0 Å². The molecule has 15 heavy (non-hydrogen) atoms. The van der Waals surface area contributed by atoms with Crippen LogP contribution in [0.2, 0.25) is 0 Å². The minimum absolute atomic E-state index is 0.377. The molecule has 0 spiro atoms. The molecule has 0 bridgehead atoms. The quantitative estimate of drug-likeness (QED) is 0.776. The number of ether oxygens (including phenoxy) is 1. The second-order valence-corrected chi connectivity index (χ2v) is 5.13. The van der Waals surface area contributed by atoms with Gasteiger partial charge in [-0.05, 0) is 44.6 Å². The first-order valence-electron chi connectivity index (χ1n) is 6.02. The number of aliphatic hydroxyl groups is 1. The van der Waals surface area contributed by atoms with Crippen LogP contribution in [-0.2, 0) is 4.74 Å². The molecule has 0 radical (unpaired) electrons. The lowest BCUT2D eigenvalue weighted by atomic mass is 9.76. The molecule has 0 aromatic carbocycles. The molecule has 1 aliphatic carbocycles. The molecule has 0 saturated heterocycles. The van der Waals surface area contributed by atoms with Crippen LogP contribution in [0.5, 0.6) is 0 Å². The van der Waals surface area contributed by atoms with E-state index in [2.05, 4.69) is 13.8 Å². The van der Waals surface area contributed by atoms with E-state index in [9.17, 15) is 5.11 Å². The van der Waals surface area contributed by atoms with Gasteiger partial charge in [0.25, 0.3) is 0 Å². The van der Waals surface area contributed by atoms with Gasteiger partial charge < -0.3 is 9.84 Å². The standard InChI is InChI=1S/C13H24O2/c1-5-15-12-7-6-11(8-10(2)3)13(4,14)9-12/h9-11,14H,5-8H2,1-4H3. The molecule has 0 heterocycles. The summed E-state index contributed by atoms with van der Waals surface area (Å²) in [7, 11) is 0. The van der Waals surface area contributed by atoms with E-state index >= 15 is 0 Å². The van der Waals surface area contributed by atoms with E-state index in [0.717, 1.165) is 25.0 Å². The lowest BCUT2D eigenvalue weighted by molar-refractivity contribution is 0.0139. The van der Waals surface area contributed by atoms with Gasteiger partial charge in [0.2, 0.25) is 0 Å². The third-order valence-corrected chi connectivity index (χ3v) is 3.10. The van der Waals surface area contributed by atoms with Gasteiger partial charge in [-0.1, -0.05) is 13.8 Å². The van der Waals surface area contributed by atoms with E-state index in [1.807, 2.05) is 19.9 Å². The molecule has 0 aliphatic heterocycles. The first kappa shape index (κ1) is 12.6. The van der Waals surface area contributed by atoms with Crippen LogP contribution in [0.25, 0.3) is 0 Å². The zero-order valence-electron chi connectivity index (χ0n) is 10.4. The molecule has 0 saturated carbocycles. The zero-order chi connectivity index (χ0) is 11.5. The molecular formula is C13H24O2. The van der Waals surface area contributed by atoms with Crippen LogP contribution in [0.15, 0.2) is 11.8 Å². The summed E-state index contributed by atoms with van der Waals surface area (Å²) >= 11 is 0. The molecule has 1 aliphatic rings. The molecule has 0 aromatic rings. The first-order chi connectivity index (χ1) is 6.95. The van der Waals surface area contributed by atoms with Crippen molar-refractivity contribution < 1.29 is 9.84 Å². The van der Waals surface area contributed by atoms with E-state index in [1.165, 1.54) is 0 Å². The second kappa shape index (κ2) is 5.02. The molecule has 0 amide bonds. The Morgan fingerprint density at radius 2 is 2.27 bits per heavy atom. The van der Waals surface area contributed by atoms with Crippen LogP contribution < -0.4 is 0 Å². The fourth-order valence-corrected chi connectivity index (χ4v) is 2.35. The largest absolute Gasteiger partial charge is 0.498 e. The van der Waals surface area contributed by atoms with Crippen molar-refractivity contribution in [1.29, 1.82) is 0 Å². The van der Waals surface area contributed by atoms with Gasteiger partial charge in [0.1, 0.15) is 0 Å². The van der Waals surface area contributed by atoms with Crippen molar-refractivity contribution in [3.63, 3.8) is 0 Å². The van der Waals surface area contributed by atoms with Crippen LogP contribution in [-0.4, -0.2) is 17.3 Å². The van der Waals surface area contributed by atoms with Crippen molar-refractivity contribution in [1.82, 2.24) is 0 Å². The van der Waals surface area contributed by atoms with Crippen LogP contribution >= 0.6 is 0 Å². The summed E-state index contributed by atoms with van der Waals surface area (Å²) in [6.07, 6.45) is 5.01. The van der Waals surface area contributed by atoms with Gasteiger partial charge in [0.05, 0.1) is 18.0 Å². The Bertz CT molecular complexity index is 229. The minimum Gasteiger partial charge on any atom is -0.498 e. The van der Waals surface area contributed by atoms with Gasteiger partial charge >= 0.3 is 0 Å². The smallest absolute Gasteiger partial charge is 0.0948 e. The van der Waals surface area contributed by atoms with Crippen LogP contribution in [0, 0.1) is 11.8 Å². The number of hydrogen-bond acceptors (Lipinski definition) is 2. The SMILES string of the molecule is CCOC1=CC(C)(O)C(CC(C)C)CC1. The Labute approximate surface area is 93.3 Å². The van der Waals surface area contributed by atoms with Crippen molar-refractivity contribution in [3.05, 3.63) is 11.8 Å². The average Bonchev–Trinajstić information content (AvgIpc) is 2.09. The van der Waals surface area contributed by atoms with Gasteiger partial charge in [-0.25, -0.2) is 0 Å². The Morgan fingerprint density at radius 3 is 2.73 bits per heavy atom. The summed E-state index contributed by atoms with van der Waals surface area (Å²) in [5, 5.41) is 10.3. The molecule has 1 N–H and O–H groups in total. The fourth-order valence-electron chi connectivity index (χ4n) is 2.35. The molecule has 2 unspecified atom stereocenters. The topological polar surface area (TPSA) is 29.5 Å². The van der Waals surface area contributed by atoms with E-state index in [1.54, 1.807) is 0 Å². The predicted octanol–water partition coefficient (Wildman–Crippen LogP) is 3.11. The maximum atomic E-state index is 10.3. The molecule has 2 atom stereocenters. The fraction of sp³-hybridized carbons (Fsp3) is 0.846. The molecule has 2 heteroatoms. The highest BCUT2D eigenvalue weighted by atomic mass is 16.5. The predicted molar refractivity (Wildman–Crippen MR) is 62.5 cm³/mol. The Kier molecular flexibility index (Phi) is 4.21. The van der Waals surface area contributed by atoms with Gasteiger partial charge in [0, 0.05) is 6.42 Å². The highest BCUT2D eigenvalue weighted by Crippen LogP contribution is 2.36. The third-order valence-electron chi connectivity index (χ3n) is 3.10. The van der Waals surface area contributed by atoms with Crippen molar-refractivity contribution in [2.75, 3.05) is 6.61 Å². The number of rotatable bonds is 4. The summed E-state index contributed by atoms with van der Waals surface area (Å²) in [6, 6.07) is 0. The molecule has 0 fully saturated rings. The number of allylic oxidation sites excluding steroid dienone is 1. The summed E-state index contributed by atoms with van der Waals surface area (Å²) < 4.78 is 5.47. The van der Waals surface area contributed by atoms with Gasteiger partial charge in [-0.2, -0.15) is 0 Å². The molecule has 88 valence electrons. The zero-order valence-corrected chi connectivity index (χ0v) is 10.4. The maximum absolute atomic E-state index is 10.3. The highest BCUT2D eigenvalue weighted by molar-refractivity contribution is 5.11. The van der Waals surface area contributed by atoms with Gasteiger partial charge in [-0.3, -0.25) is 0 Å². The number of hydrogen-bond donors (Lipinski definition) is 1. The van der Waals surface area contributed by atoms with Crippen LogP contribution in [0.4, 0.5) is 0 Å². The third kappa shape index (κ3) is 3.53. The van der Waals surface area contributed by atoms with Crippen molar-refractivity contribution in [2.45, 2.75) is 52.6 Å². The van der Waals surface area contributed by atoms with Gasteiger partial charge in [0.15, 0.2) is 0 Å². The summed E-state index contributed by atoms with van der Waals surface area (Å²) in [4.78, 5) is 0. The average molecular weight is 212 g/mol. The summed E-state index contributed by atoms with van der Waals surface area (Å²) in [5.74, 6) is 1.98. The highest BCUT2D eigenvalue weighted by Gasteiger charge is 2.34. The second-order valence-electron chi connectivity index (χ2n) is 5.13. The molecule has 0 aromatic heterocycles. The van der Waals surface area contributed by atoms with E-state index in [4.69, 9.17) is 4.74 Å². The Morgan fingerprint density at radius 1 is 1.60 bits per heavy atom. The first-order valence-corrected chi connectivity index (χ1v) is 6.02. The molecule has 2 nitrogen and oxygen atoms in total. The minimum atomic E-state index is -0.687. The molecular weight excluding hydrogens is 188 g/mol. The summed E-state index contributed by atoms with van der Waals surface area (Å²) in [5.41, 5.74) is -0.687. The molecule has 1 rings (SSSR count). The Hall–Kier alpha value is -0.500. The van der Waals surface area contributed by atoms with Crippen molar-refractivity contribution in [3.8, 4) is 0 Å². The van der Waals surface area contributed by atoms with Crippen molar-refractivity contribution >= 4 is 0 Å². The van der Waals surface area contributed by atoms with Crippen molar-refractivity contribution in [2.24, 2.45) is 11.8 Å².